The van der Waals surface area contributed by atoms with E-state index in [1.54, 1.807) is 0 Å². The zero-order valence-electron chi connectivity index (χ0n) is 3.90. The standard InChI is InChI=1S/C3Cl3NO2/c4-3(5,6)2(8)9-1-7. The van der Waals surface area contributed by atoms with Crippen molar-refractivity contribution in [1.82, 2.24) is 0 Å². The molecule has 0 rings (SSSR count). The maximum atomic E-state index is 10.2. The number of halogens is 3. The Balaban J connectivity index is 3.93. The summed E-state index contributed by atoms with van der Waals surface area (Å²) in [5.41, 5.74) is 0. The van der Waals surface area contributed by atoms with Gasteiger partial charge in [-0.1, -0.05) is 34.8 Å². The van der Waals surface area contributed by atoms with Crippen LogP contribution in [0.5, 0.6) is 0 Å². The highest BCUT2D eigenvalue weighted by atomic mass is 35.6. The smallest absolute Gasteiger partial charge is 0.347 e. The van der Waals surface area contributed by atoms with Gasteiger partial charge in [0.2, 0.25) is 0 Å². The summed E-state index contributed by atoms with van der Waals surface area (Å²) in [5, 5.41) is 7.73. The molecule has 0 aliphatic heterocycles. The van der Waals surface area contributed by atoms with Crippen molar-refractivity contribution in [3.05, 3.63) is 0 Å². The molecule has 0 spiro atoms. The predicted octanol–water partition coefficient (Wildman–Crippen LogP) is 1.38. The minimum atomic E-state index is -2.16. The average molecular weight is 188 g/mol. The molecule has 0 fully saturated rings. The Bertz CT molecular complexity index is 155. The molecule has 0 aliphatic rings. The SMILES string of the molecule is N#COC(=O)C(Cl)(Cl)Cl. The molecule has 0 aliphatic carbocycles. The van der Waals surface area contributed by atoms with E-state index in [1.807, 2.05) is 0 Å². The van der Waals surface area contributed by atoms with Crippen LogP contribution in [0.15, 0.2) is 0 Å². The third-order valence-corrected chi connectivity index (χ3v) is 0.833. The molecule has 6 heteroatoms. The predicted molar refractivity (Wildman–Crippen MR) is 32.0 cm³/mol. The van der Waals surface area contributed by atoms with Crippen LogP contribution >= 0.6 is 34.8 Å². The first-order valence-electron chi connectivity index (χ1n) is 1.65. The molecule has 50 valence electrons. The molecule has 0 heterocycles. The largest absolute Gasteiger partial charge is 0.373 e. The van der Waals surface area contributed by atoms with Crippen LogP contribution in [0, 0.1) is 11.5 Å². The Morgan fingerprint density at radius 2 is 2.00 bits per heavy atom. The highest BCUT2D eigenvalue weighted by Crippen LogP contribution is 2.26. The van der Waals surface area contributed by atoms with Gasteiger partial charge in [-0.25, -0.2) is 4.79 Å². The van der Waals surface area contributed by atoms with Gasteiger partial charge in [-0.05, 0) is 0 Å². The first kappa shape index (κ1) is 8.83. The van der Waals surface area contributed by atoms with Crippen molar-refractivity contribution in [2.45, 2.75) is 3.79 Å². The summed E-state index contributed by atoms with van der Waals surface area (Å²) in [5.74, 6) is -1.20. The topological polar surface area (TPSA) is 50.1 Å². The van der Waals surface area contributed by atoms with Crippen molar-refractivity contribution in [1.29, 1.82) is 5.26 Å². The minimum Gasteiger partial charge on any atom is -0.347 e. The van der Waals surface area contributed by atoms with E-state index in [1.165, 1.54) is 0 Å². The molecule has 0 bridgehead atoms. The van der Waals surface area contributed by atoms with Crippen molar-refractivity contribution in [3.8, 4) is 6.26 Å². The van der Waals surface area contributed by atoms with E-state index in [0.29, 0.717) is 0 Å². The second-order valence-electron chi connectivity index (χ2n) is 0.979. The second-order valence-corrected chi connectivity index (χ2v) is 3.26. The minimum absolute atomic E-state index is 1.07. The zero-order valence-corrected chi connectivity index (χ0v) is 6.17. The van der Waals surface area contributed by atoms with Crippen LogP contribution in [-0.2, 0) is 9.53 Å². The van der Waals surface area contributed by atoms with Crippen LogP contribution in [0.4, 0.5) is 0 Å². The molecule has 0 aromatic heterocycles. The van der Waals surface area contributed by atoms with Crippen LogP contribution in [0.2, 0.25) is 0 Å². The van der Waals surface area contributed by atoms with Gasteiger partial charge in [-0.15, -0.1) is 5.26 Å². The monoisotopic (exact) mass is 187 g/mol. The van der Waals surface area contributed by atoms with Crippen molar-refractivity contribution in [2.75, 3.05) is 0 Å². The van der Waals surface area contributed by atoms with Crippen LogP contribution in [0.25, 0.3) is 0 Å². The van der Waals surface area contributed by atoms with Crippen LogP contribution in [0.1, 0.15) is 0 Å². The molecule has 0 saturated heterocycles. The molecular formula is C3Cl3NO2. The highest BCUT2D eigenvalue weighted by molar-refractivity contribution is 6.75. The van der Waals surface area contributed by atoms with Crippen molar-refractivity contribution in [3.63, 3.8) is 0 Å². The lowest BCUT2D eigenvalue weighted by Gasteiger charge is -2.02. The fourth-order valence-corrected chi connectivity index (χ4v) is 0.215. The van der Waals surface area contributed by atoms with E-state index < -0.39 is 9.76 Å². The lowest BCUT2D eigenvalue weighted by Crippen LogP contribution is -2.19. The second kappa shape index (κ2) is 3.11. The number of carbonyl (C=O) groups is 1. The molecule has 0 atom stereocenters. The first-order chi connectivity index (χ1) is 3.98. The van der Waals surface area contributed by atoms with Gasteiger partial charge in [0.1, 0.15) is 0 Å². The summed E-state index contributed by atoms with van der Waals surface area (Å²) >= 11 is 14.9. The molecule has 0 unspecified atom stereocenters. The maximum Gasteiger partial charge on any atom is 0.373 e. The molecule has 9 heavy (non-hydrogen) atoms. The van der Waals surface area contributed by atoms with Gasteiger partial charge >= 0.3 is 5.97 Å². The highest BCUT2D eigenvalue weighted by Gasteiger charge is 2.32. The summed E-state index contributed by atoms with van der Waals surface area (Å²) in [7, 11) is 0. The zero-order chi connectivity index (χ0) is 7.49. The number of nitriles is 1. The summed E-state index contributed by atoms with van der Waals surface area (Å²) in [6.45, 7) is 0. The lowest BCUT2D eigenvalue weighted by atomic mass is 10.8. The number of carbonyl (C=O) groups excluding carboxylic acids is 1. The fraction of sp³-hybridized carbons (Fsp3) is 0.333. The Hall–Kier alpha value is -0.170. The number of hydrogen-bond donors (Lipinski definition) is 0. The maximum absolute atomic E-state index is 10.2. The lowest BCUT2D eigenvalue weighted by molar-refractivity contribution is -0.135. The Morgan fingerprint density at radius 1 is 1.56 bits per heavy atom. The number of alkyl halides is 3. The molecule has 0 amide bonds. The average Bonchev–Trinajstić information content (AvgIpc) is 1.64. The Labute approximate surface area is 66.0 Å². The van der Waals surface area contributed by atoms with E-state index in [2.05, 4.69) is 4.74 Å². The first-order valence-corrected chi connectivity index (χ1v) is 2.79. The van der Waals surface area contributed by atoms with Gasteiger partial charge in [0.15, 0.2) is 0 Å². The summed E-state index contributed by atoms with van der Waals surface area (Å²) in [4.78, 5) is 10.2. The third kappa shape index (κ3) is 3.41. The van der Waals surface area contributed by atoms with Crippen molar-refractivity contribution in [2.24, 2.45) is 0 Å². The Morgan fingerprint density at radius 3 is 2.11 bits per heavy atom. The summed E-state index contributed by atoms with van der Waals surface area (Å²) < 4.78 is 1.52. The third-order valence-electron chi connectivity index (χ3n) is 0.370. The van der Waals surface area contributed by atoms with Gasteiger partial charge in [-0.3, -0.25) is 0 Å². The number of esters is 1. The van der Waals surface area contributed by atoms with Gasteiger partial charge in [0, 0.05) is 0 Å². The molecule has 0 aromatic carbocycles. The quantitative estimate of drug-likeness (QED) is 0.328. The van der Waals surface area contributed by atoms with Crippen molar-refractivity contribution < 1.29 is 9.53 Å². The van der Waals surface area contributed by atoms with Gasteiger partial charge in [0.25, 0.3) is 10.0 Å². The van der Waals surface area contributed by atoms with Crippen LogP contribution in [0.3, 0.4) is 0 Å². The summed E-state index contributed by atoms with van der Waals surface area (Å²) in [6, 6.07) is 0. The molecule has 0 N–H and O–H groups in total. The van der Waals surface area contributed by atoms with E-state index in [4.69, 9.17) is 40.1 Å². The number of hydrogen-bond acceptors (Lipinski definition) is 3. The van der Waals surface area contributed by atoms with Gasteiger partial charge in [-0.2, -0.15) is 0 Å². The van der Waals surface area contributed by atoms with E-state index in [9.17, 15) is 4.79 Å². The Kier molecular flexibility index (Phi) is 3.06. The molecule has 0 saturated carbocycles. The van der Waals surface area contributed by atoms with E-state index in [0.717, 1.165) is 6.26 Å². The van der Waals surface area contributed by atoms with Crippen LogP contribution < -0.4 is 0 Å². The number of ether oxygens (including phenoxy) is 1. The van der Waals surface area contributed by atoms with Gasteiger partial charge in [0.05, 0.1) is 0 Å². The fourth-order valence-electron chi connectivity index (χ4n) is 0.0993. The normalized spacial score (nSPS) is 10.0. The van der Waals surface area contributed by atoms with Crippen LogP contribution in [-0.4, -0.2) is 9.76 Å². The molecular weight excluding hydrogens is 188 g/mol. The van der Waals surface area contributed by atoms with E-state index >= 15 is 0 Å². The molecule has 0 radical (unpaired) electrons. The number of nitrogens with zero attached hydrogens (tertiary/aromatic N) is 1. The number of rotatable bonds is 0. The van der Waals surface area contributed by atoms with Crippen molar-refractivity contribution >= 4 is 40.8 Å². The van der Waals surface area contributed by atoms with Gasteiger partial charge < -0.3 is 4.74 Å². The van der Waals surface area contributed by atoms with E-state index in [-0.39, 0.29) is 0 Å². The summed E-state index contributed by atoms with van der Waals surface area (Å²) in [6.07, 6.45) is 1.07. The molecule has 0 aromatic rings. The molecule has 3 nitrogen and oxygen atoms in total.